The van der Waals surface area contributed by atoms with Crippen LogP contribution in [0.1, 0.15) is 45.6 Å². The number of rotatable bonds is 7. The van der Waals surface area contributed by atoms with Gasteiger partial charge in [0.25, 0.3) is 5.56 Å². The number of carboxylic acids is 1. The fraction of sp³-hybridized carbons (Fsp3) is 0.333. The van der Waals surface area contributed by atoms with Gasteiger partial charge in [-0.1, -0.05) is 45.4 Å². The maximum Gasteiger partial charge on any atom is 0.332 e. The molecule has 5 rings (SSSR count). The molecule has 0 amide bonds. The molecule has 3 N–H and O–H groups in total. The summed E-state index contributed by atoms with van der Waals surface area (Å²) in [6, 6.07) is 8.88. The first kappa shape index (κ1) is 30.1. The summed E-state index contributed by atoms with van der Waals surface area (Å²) in [5.74, 6) is 0.0774. The first-order valence-corrected chi connectivity index (χ1v) is 13.3. The van der Waals surface area contributed by atoms with E-state index in [0.717, 1.165) is 15.5 Å². The number of aromatic nitrogens is 7. The highest BCUT2D eigenvalue weighted by Gasteiger charge is 2.20. The first-order chi connectivity index (χ1) is 19.2. The molecule has 4 heterocycles. The molecular weight excluding hydrogens is 536 g/mol. The third kappa shape index (κ3) is 6.07. The Morgan fingerprint density at radius 3 is 2.48 bits per heavy atom. The van der Waals surface area contributed by atoms with Gasteiger partial charge in [-0.2, -0.15) is 4.98 Å². The molecule has 212 valence electrons. The summed E-state index contributed by atoms with van der Waals surface area (Å²) >= 11 is 6.26. The predicted octanol–water partition coefficient (Wildman–Crippen LogP) is 4.22. The second-order valence-corrected chi connectivity index (χ2v) is 8.68. The van der Waals surface area contributed by atoms with Crippen LogP contribution >= 0.6 is 11.6 Å². The van der Waals surface area contributed by atoms with Gasteiger partial charge in [-0.05, 0) is 24.3 Å². The number of nitrogens with zero attached hydrogens (tertiary/aromatic N) is 6. The number of H-pyrrole nitrogens is 1. The second-order valence-electron chi connectivity index (χ2n) is 8.27. The Bertz CT molecular complexity index is 1770. The minimum Gasteiger partial charge on any atom is -0.481 e. The van der Waals surface area contributed by atoms with Crippen molar-refractivity contribution in [1.29, 1.82) is 0 Å². The van der Waals surface area contributed by atoms with Gasteiger partial charge in [0.2, 0.25) is 5.95 Å². The van der Waals surface area contributed by atoms with E-state index >= 15 is 0 Å². The van der Waals surface area contributed by atoms with Crippen molar-refractivity contribution in [2.75, 3.05) is 5.32 Å². The summed E-state index contributed by atoms with van der Waals surface area (Å²) in [5.41, 5.74) is 0.903. The summed E-state index contributed by atoms with van der Waals surface area (Å²) in [6.45, 7) is 8.03. The normalized spacial score (nSPS) is 10.6. The van der Waals surface area contributed by atoms with Crippen molar-refractivity contribution < 1.29 is 9.90 Å². The van der Waals surface area contributed by atoms with Crippen molar-refractivity contribution in [2.24, 2.45) is 14.1 Å². The zero-order chi connectivity index (χ0) is 29.6. The SMILES string of the molecule is CC.CC.Cn1c(Nc2ccnc(CCC(=O)O)n2)nc2c1c(=O)n(Cc1cc3c(Cl)cccc3[nH]1)c(=O)n2C. The van der Waals surface area contributed by atoms with Crippen LogP contribution in [0.3, 0.4) is 0 Å². The lowest BCUT2D eigenvalue weighted by molar-refractivity contribution is -0.137. The molecule has 12 nitrogen and oxygen atoms in total. The van der Waals surface area contributed by atoms with Gasteiger partial charge >= 0.3 is 11.7 Å². The predicted molar refractivity (Wildman–Crippen MR) is 157 cm³/mol. The summed E-state index contributed by atoms with van der Waals surface area (Å²) in [7, 11) is 3.21. The molecule has 0 spiro atoms. The van der Waals surface area contributed by atoms with Gasteiger partial charge in [-0.25, -0.2) is 14.8 Å². The molecule has 40 heavy (non-hydrogen) atoms. The molecule has 0 saturated heterocycles. The fourth-order valence-corrected chi connectivity index (χ4v) is 4.28. The number of fused-ring (bicyclic) bond motifs is 2. The molecule has 0 saturated carbocycles. The third-order valence-corrected chi connectivity index (χ3v) is 6.19. The number of halogens is 1. The Morgan fingerprint density at radius 1 is 1.07 bits per heavy atom. The number of aryl methyl sites for hydroxylation is 3. The molecule has 13 heteroatoms. The fourth-order valence-electron chi connectivity index (χ4n) is 4.05. The molecule has 0 radical (unpaired) electrons. The van der Waals surface area contributed by atoms with E-state index in [1.165, 1.54) is 10.8 Å². The average Bonchev–Trinajstić information content (AvgIpc) is 3.53. The van der Waals surface area contributed by atoms with E-state index in [9.17, 15) is 14.4 Å². The van der Waals surface area contributed by atoms with Crippen LogP contribution in [-0.2, 0) is 31.9 Å². The Kier molecular flexibility index (Phi) is 9.83. The molecule has 4 aromatic heterocycles. The summed E-state index contributed by atoms with van der Waals surface area (Å²) in [4.78, 5) is 53.4. The van der Waals surface area contributed by atoms with Gasteiger partial charge in [0, 0.05) is 48.3 Å². The lowest BCUT2D eigenvalue weighted by atomic mass is 10.2. The number of carboxylic acid groups (broad SMARTS) is 1. The van der Waals surface area contributed by atoms with Crippen LogP contribution in [0.4, 0.5) is 11.8 Å². The quantitative estimate of drug-likeness (QED) is 0.264. The molecule has 0 fully saturated rings. The number of hydrogen-bond donors (Lipinski definition) is 3. The Labute approximate surface area is 235 Å². The highest BCUT2D eigenvalue weighted by Crippen LogP contribution is 2.24. The van der Waals surface area contributed by atoms with Crippen LogP contribution in [-0.4, -0.2) is 44.7 Å². The van der Waals surface area contributed by atoms with E-state index in [2.05, 4.69) is 25.3 Å². The van der Waals surface area contributed by atoms with Crippen molar-refractivity contribution in [3.05, 3.63) is 73.9 Å². The zero-order valence-corrected chi connectivity index (χ0v) is 24.1. The average molecular weight is 569 g/mol. The number of anilines is 2. The molecule has 1 aromatic carbocycles. The van der Waals surface area contributed by atoms with E-state index in [1.54, 1.807) is 30.8 Å². The van der Waals surface area contributed by atoms with Crippen LogP contribution in [0.5, 0.6) is 0 Å². The highest BCUT2D eigenvalue weighted by atomic mass is 35.5. The van der Waals surface area contributed by atoms with Gasteiger partial charge < -0.3 is 20.0 Å². The van der Waals surface area contributed by atoms with Crippen LogP contribution in [0.2, 0.25) is 5.02 Å². The van der Waals surface area contributed by atoms with Crippen molar-refractivity contribution in [2.45, 2.75) is 47.1 Å². The van der Waals surface area contributed by atoms with Gasteiger partial charge in [-0.3, -0.25) is 18.7 Å². The van der Waals surface area contributed by atoms with Gasteiger partial charge in [0.05, 0.1) is 13.0 Å². The van der Waals surface area contributed by atoms with Crippen molar-refractivity contribution in [1.82, 2.24) is 33.6 Å². The maximum absolute atomic E-state index is 13.4. The lowest BCUT2D eigenvalue weighted by Gasteiger charge is -2.08. The van der Waals surface area contributed by atoms with Crippen LogP contribution < -0.4 is 16.6 Å². The minimum absolute atomic E-state index is 0.0270. The van der Waals surface area contributed by atoms with Crippen molar-refractivity contribution in [3.63, 3.8) is 0 Å². The largest absolute Gasteiger partial charge is 0.481 e. The zero-order valence-electron chi connectivity index (χ0n) is 23.3. The third-order valence-electron chi connectivity index (χ3n) is 5.86. The smallest absolute Gasteiger partial charge is 0.332 e. The minimum atomic E-state index is -0.944. The standard InChI is InChI=1S/C23H21ClN8O4.2C2H6/c1-30-19-20(29-22(30)28-17-8-9-25-16(27-17)6-7-18(33)34)31(2)23(36)32(21(19)35)11-12-10-13-14(24)4-3-5-15(13)26-12;2*1-2/h3-5,8-10,26H,6-7,11H2,1-2H3,(H,33,34)(H,25,27,28,29);2*1-2H3. The summed E-state index contributed by atoms with van der Waals surface area (Å²) in [6.07, 6.45) is 1.58. The summed E-state index contributed by atoms with van der Waals surface area (Å²) in [5, 5.41) is 13.3. The molecule has 0 aliphatic rings. The van der Waals surface area contributed by atoms with Crippen molar-refractivity contribution in [3.8, 4) is 0 Å². The van der Waals surface area contributed by atoms with Crippen molar-refractivity contribution >= 4 is 51.4 Å². The molecule has 0 atom stereocenters. The first-order valence-electron chi connectivity index (χ1n) is 13.0. The topological polar surface area (TPSA) is 153 Å². The Balaban J connectivity index is 0.00000106. The molecular formula is C27H33ClN8O4. The number of benzene rings is 1. The van der Waals surface area contributed by atoms with E-state index < -0.39 is 17.2 Å². The van der Waals surface area contributed by atoms with E-state index in [-0.39, 0.29) is 36.5 Å². The van der Waals surface area contributed by atoms with Crippen LogP contribution in [0.25, 0.3) is 22.1 Å². The second kappa shape index (κ2) is 13.1. The van der Waals surface area contributed by atoms with Gasteiger partial charge in [-0.15, -0.1) is 0 Å². The van der Waals surface area contributed by atoms with E-state index in [0.29, 0.717) is 22.4 Å². The number of aliphatic carboxylic acids is 1. The summed E-state index contributed by atoms with van der Waals surface area (Å²) < 4.78 is 4.01. The van der Waals surface area contributed by atoms with Gasteiger partial charge in [0.1, 0.15) is 11.6 Å². The van der Waals surface area contributed by atoms with E-state index in [1.807, 2.05) is 45.9 Å². The lowest BCUT2D eigenvalue weighted by Crippen LogP contribution is -2.39. The van der Waals surface area contributed by atoms with Crippen LogP contribution in [0, 0.1) is 0 Å². The monoisotopic (exact) mass is 568 g/mol. The number of imidazole rings is 1. The molecule has 0 unspecified atom stereocenters. The van der Waals surface area contributed by atoms with E-state index in [4.69, 9.17) is 16.7 Å². The maximum atomic E-state index is 13.4. The number of hydrogen-bond acceptors (Lipinski definition) is 7. The van der Waals surface area contributed by atoms with Gasteiger partial charge in [0.15, 0.2) is 11.2 Å². The highest BCUT2D eigenvalue weighted by molar-refractivity contribution is 6.35. The Morgan fingerprint density at radius 2 is 1.80 bits per heavy atom. The number of carbonyl (C=O) groups is 1. The molecule has 0 aliphatic heterocycles. The Hall–Kier alpha value is -4.45. The molecule has 5 aromatic rings. The molecule has 0 bridgehead atoms. The van der Waals surface area contributed by atoms with Crippen LogP contribution in [0.15, 0.2) is 46.1 Å². The molecule has 0 aliphatic carbocycles. The number of nitrogens with one attached hydrogen (secondary N) is 2. The number of aromatic amines is 1.